The molecule has 0 aromatic heterocycles. The number of rotatable bonds is 3. The fraction of sp³-hybridized carbons (Fsp3) is 0.316. The number of aryl methyl sites for hydroxylation is 1. The van der Waals surface area contributed by atoms with E-state index < -0.39 is 5.60 Å². The van der Waals surface area contributed by atoms with Gasteiger partial charge in [0.15, 0.2) is 0 Å². The van der Waals surface area contributed by atoms with Gasteiger partial charge in [-0.25, -0.2) is 0 Å². The van der Waals surface area contributed by atoms with E-state index >= 15 is 0 Å². The van der Waals surface area contributed by atoms with Crippen molar-refractivity contribution in [1.82, 2.24) is 0 Å². The standard InChI is InChI=1S/C19H22ClN3O2/c1-12-4-5-13(20)8-15(12)22-18(24)10-23-11-19(2,3)25-17-7-6-14(21)9-16(17)23/h4-9H,10-11,21H2,1-3H3,(H,22,24). The van der Waals surface area contributed by atoms with Gasteiger partial charge in [-0.05, 0) is 56.7 Å². The highest BCUT2D eigenvalue weighted by molar-refractivity contribution is 6.31. The Labute approximate surface area is 152 Å². The summed E-state index contributed by atoms with van der Waals surface area (Å²) in [6, 6.07) is 10.9. The normalized spacial score (nSPS) is 15.3. The second kappa shape index (κ2) is 6.48. The van der Waals surface area contributed by atoms with Crippen molar-refractivity contribution >= 4 is 34.6 Å². The Bertz CT molecular complexity index is 820. The number of halogens is 1. The molecule has 0 saturated heterocycles. The largest absolute Gasteiger partial charge is 0.484 e. The van der Waals surface area contributed by atoms with Gasteiger partial charge in [0, 0.05) is 16.4 Å². The number of anilines is 3. The second-order valence-electron chi connectivity index (χ2n) is 6.95. The molecule has 0 radical (unpaired) electrons. The monoisotopic (exact) mass is 359 g/mol. The number of ether oxygens (including phenoxy) is 1. The van der Waals surface area contributed by atoms with E-state index in [0.29, 0.717) is 17.3 Å². The number of hydrogen-bond acceptors (Lipinski definition) is 4. The van der Waals surface area contributed by atoms with Crippen molar-refractivity contribution in [2.24, 2.45) is 0 Å². The van der Waals surface area contributed by atoms with Crippen LogP contribution in [-0.4, -0.2) is 24.6 Å². The van der Waals surface area contributed by atoms with E-state index in [4.69, 9.17) is 22.1 Å². The first-order valence-electron chi connectivity index (χ1n) is 8.13. The van der Waals surface area contributed by atoms with Gasteiger partial charge in [-0.2, -0.15) is 0 Å². The summed E-state index contributed by atoms with van der Waals surface area (Å²) >= 11 is 6.02. The number of nitrogens with one attached hydrogen (secondary N) is 1. The van der Waals surface area contributed by atoms with Crippen molar-refractivity contribution in [3.63, 3.8) is 0 Å². The van der Waals surface area contributed by atoms with Crippen molar-refractivity contribution in [2.45, 2.75) is 26.4 Å². The summed E-state index contributed by atoms with van der Waals surface area (Å²) in [5.41, 5.74) is 8.66. The van der Waals surface area contributed by atoms with Crippen LogP contribution in [0, 0.1) is 6.92 Å². The maximum absolute atomic E-state index is 12.6. The van der Waals surface area contributed by atoms with E-state index in [1.54, 1.807) is 18.2 Å². The number of fused-ring (bicyclic) bond motifs is 1. The Morgan fingerprint density at radius 3 is 2.84 bits per heavy atom. The third kappa shape index (κ3) is 3.99. The van der Waals surface area contributed by atoms with Crippen LogP contribution in [0.1, 0.15) is 19.4 Å². The summed E-state index contributed by atoms with van der Waals surface area (Å²) in [5.74, 6) is 0.619. The van der Waals surface area contributed by atoms with Crippen LogP contribution in [0.4, 0.5) is 17.1 Å². The molecule has 1 heterocycles. The van der Waals surface area contributed by atoms with Crippen molar-refractivity contribution in [3.05, 3.63) is 47.0 Å². The maximum Gasteiger partial charge on any atom is 0.243 e. The first-order chi connectivity index (χ1) is 11.7. The molecule has 0 unspecified atom stereocenters. The highest BCUT2D eigenvalue weighted by Gasteiger charge is 2.32. The number of benzene rings is 2. The minimum absolute atomic E-state index is 0.114. The molecule has 0 spiro atoms. The van der Waals surface area contributed by atoms with E-state index in [2.05, 4.69) is 5.32 Å². The quantitative estimate of drug-likeness (QED) is 0.817. The van der Waals surface area contributed by atoms with Crippen LogP contribution in [0.5, 0.6) is 5.75 Å². The number of carbonyl (C=O) groups is 1. The molecule has 0 bridgehead atoms. The molecule has 3 N–H and O–H groups in total. The van der Waals surface area contributed by atoms with Gasteiger partial charge in [0.1, 0.15) is 11.4 Å². The molecule has 2 aromatic carbocycles. The third-order valence-corrected chi connectivity index (χ3v) is 4.32. The van der Waals surface area contributed by atoms with Crippen LogP contribution in [0.15, 0.2) is 36.4 Å². The number of nitrogen functional groups attached to an aromatic ring is 1. The van der Waals surface area contributed by atoms with E-state index in [1.165, 1.54) is 0 Å². The molecule has 1 aliphatic heterocycles. The molecule has 132 valence electrons. The van der Waals surface area contributed by atoms with Gasteiger partial charge in [0.2, 0.25) is 5.91 Å². The highest BCUT2D eigenvalue weighted by atomic mass is 35.5. The smallest absolute Gasteiger partial charge is 0.243 e. The van der Waals surface area contributed by atoms with Gasteiger partial charge >= 0.3 is 0 Å². The molecule has 6 heteroatoms. The fourth-order valence-corrected chi connectivity index (χ4v) is 3.15. The molecular weight excluding hydrogens is 338 g/mol. The average Bonchev–Trinajstić information content (AvgIpc) is 2.51. The lowest BCUT2D eigenvalue weighted by atomic mass is 10.0. The summed E-state index contributed by atoms with van der Waals surface area (Å²) < 4.78 is 5.99. The molecule has 0 atom stereocenters. The maximum atomic E-state index is 12.6. The molecular formula is C19H22ClN3O2. The zero-order chi connectivity index (χ0) is 18.2. The predicted octanol–water partition coefficient (Wildman–Crippen LogP) is 3.85. The lowest BCUT2D eigenvalue weighted by Crippen LogP contribution is -2.49. The van der Waals surface area contributed by atoms with Crippen molar-refractivity contribution in [3.8, 4) is 5.75 Å². The fourth-order valence-electron chi connectivity index (χ4n) is 2.98. The number of nitrogens with zero attached hydrogens (tertiary/aromatic N) is 1. The van der Waals surface area contributed by atoms with Crippen LogP contribution >= 0.6 is 11.6 Å². The number of hydrogen-bond donors (Lipinski definition) is 2. The van der Waals surface area contributed by atoms with Crippen LogP contribution in [-0.2, 0) is 4.79 Å². The van der Waals surface area contributed by atoms with Gasteiger partial charge < -0.3 is 20.7 Å². The summed E-state index contributed by atoms with van der Waals surface area (Å²) in [7, 11) is 0. The molecule has 1 aliphatic rings. The molecule has 25 heavy (non-hydrogen) atoms. The molecule has 5 nitrogen and oxygen atoms in total. The van der Waals surface area contributed by atoms with E-state index in [0.717, 1.165) is 22.7 Å². The van der Waals surface area contributed by atoms with Gasteiger partial charge in [-0.15, -0.1) is 0 Å². The lowest BCUT2D eigenvalue weighted by Gasteiger charge is -2.40. The number of carbonyl (C=O) groups excluding carboxylic acids is 1. The van der Waals surface area contributed by atoms with Crippen molar-refractivity contribution in [2.75, 3.05) is 29.0 Å². The summed E-state index contributed by atoms with van der Waals surface area (Å²) in [5, 5.41) is 3.52. The summed E-state index contributed by atoms with van der Waals surface area (Å²) in [4.78, 5) is 14.6. The second-order valence-corrected chi connectivity index (χ2v) is 7.39. The summed E-state index contributed by atoms with van der Waals surface area (Å²) in [6.07, 6.45) is 0. The molecule has 0 fully saturated rings. The SMILES string of the molecule is Cc1ccc(Cl)cc1NC(=O)CN1CC(C)(C)Oc2ccc(N)cc21. The predicted molar refractivity (Wildman–Crippen MR) is 103 cm³/mol. The minimum Gasteiger partial charge on any atom is -0.484 e. The van der Waals surface area contributed by atoms with E-state index in [-0.39, 0.29) is 12.5 Å². The number of nitrogens with two attached hydrogens (primary N) is 1. The first kappa shape index (κ1) is 17.4. The molecule has 0 saturated carbocycles. The first-order valence-corrected chi connectivity index (χ1v) is 8.51. The van der Waals surface area contributed by atoms with Crippen LogP contribution in [0.25, 0.3) is 0 Å². The molecule has 3 rings (SSSR count). The van der Waals surface area contributed by atoms with Crippen molar-refractivity contribution in [1.29, 1.82) is 0 Å². The zero-order valence-electron chi connectivity index (χ0n) is 14.6. The average molecular weight is 360 g/mol. The Morgan fingerprint density at radius 1 is 1.32 bits per heavy atom. The van der Waals surface area contributed by atoms with Crippen LogP contribution < -0.4 is 20.7 Å². The van der Waals surface area contributed by atoms with Gasteiger partial charge in [-0.1, -0.05) is 17.7 Å². The van der Waals surface area contributed by atoms with E-state index in [1.807, 2.05) is 43.9 Å². The molecule has 1 amide bonds. The van der Waals surface area contributed by atoms with Gasteiger partial charge in [0.25, 0.3) is 0 Å². The highest BCUT2D eigenvalue weighted by Crippen LogP contribution is 2.38. The zero-order valence-corrected chi connectivity index (χ0v) is 15.4. The van der Waals surface area contributed by atoms with Crippen LogP contribution in [0.2, 0.25) is 5.02 Å². The Kier molecular flexibility index (Phi) is 4.52. The molecule has 2 aromatic rings. The van der Waals surface area contributed by atoms with E-state index in [9.17, 15) is 4.79 Å². The van der Waals surface area contributed by atoms with Gasteiger partial charge in [-0.3, -0.25) is 4.79 Å². The van der Waals surface area contributed by atoms with Gasteiger partial charge in [0.05, 0.1) is 18.8 Å². The lowest BCUT2D eigenvalue weighted by molar-refractivity contribution is -0.115. The minimum atomic E-state index is -0.393. The van der Waals surface area contributed by atoms with Crippen LogP contribution in [0.3, 0.4) is 0 Å². The third-order valence-electron chi connectivity index (χ3n) is 4.09. The van der Waals surface area contributed by atoms with Crippen molar-refractivity contribution < 1.29 is 9.53 Å². The summed E-state index contributed by atoms with van der Waals surface area (Å²) in [6.45, 7) is 6.72. The molecule has 0 aliphatic carbocycles. The topological polar surface area (TPSA) is 67.6 Å². The number of amides is 1. The Hall–Kier alpha value is -2.40. The Morgan fingerprint density at radius 2 is 2.08 bits per heavy atom. The Balaban J connectivity index is 1.81.